The van der Waals surface area contributed by atoms with Crippen molar-refractivity contribution in [1.29, 1.82) is 0 Å². The third-order valence-electron chi connectivity index (χ3n) is 3.87. The van der Waals surface area contributed by atoms with Crippen molar-refractivity contribution in [1.82, 2.24) is 0 Å². The monoisotopic (exact) mass is 310 g/mol. The number of carboxylic acids is 2. The molecule has 0 unspecified atom stereocenters. The van der Waals surface area contributed by atoms with Crippen LogP contribution in [-0.2, 0) is 0 Å². The molecule has 0 heterocycles. The zero-order valence-corrected chi connectivity index (χ0v) is 12.3. The highest BCUT2D eigenvalue weighted by molar-refractivity contribution is 6.01. The van der Waals surface area contributed by atoms with E-state index in [1.54, 1.807) is 0 Å². The molecule has 1 aliphatic carbocycles. The van der Waals surface area contributed by atoms with E-state index in [9.17, 15) is 9.59 Å². The first-order valence-electron chi connectivity index (χ1n) is 7.26. The van der Waals surface area contributed by atoms with Gasteiger partial charge in [-0.05, 0) is 49.7 Å². The minimum absolute atomic E-state index is 0.190. The molecule has 1 aromatic rings. The zero-order chi connectivity index (χ0) is 16.5. The smallest absolute Gasteiger partial charge is 0.336 e. The van der Waals surface area contributed by atoms with E-state index in [2.05, 4.69) is 0 Å². The number of aliphatic hydroxyl groups excluding tert-OH is 2. The molecule has 0 atom stereocenters. The van der Waals surface area contributed by atoms with Gasteiger partial charge in [-0.15, -0.1) is 0 Å². The van der Waals surface area contributed by atoms with Crippen molar-refractivity contribution < 1.29 is 30.0 Å². The summed E-state index contributed by atoms with van der Waals surface area (Å²) in [5.41, 5.74) is -0.380. The van der Waals surface area contributed by atoms with Crippen molar-refractivity contribution in [3.63, 3.8) is 0 Å². The molecule has 6 nitrogen and oxygen atoms in total. The molecule has 0 spiro atoms. The SMILES string of the molecule is O=C(O)c1ccccc1C(=O)O.OCC1CCC(CO)CC1. The number of carbonyl (C=O) groups is 2. The van der Waals surface area contributed by atoms with Gasteiger partial charge in [0, 0.05) is 13.2 Å². The summed E-state index contributed by atoms with van der Waals surface area (Å²) in [6, 6.07) is 5.48. The molecule has 2 rings (SSSR count). The summed E-state index contributed by atoms with van der Waals surface area (Å²) < 4.78 is 0. The van der Waals surface area contributed by atoms with Gasteiger partial charge in [-0.25, -0.2) is 9.59 Å². The van der Waals surface area contributed by atoms with E-state index in [0.717, 1.165) is 25.7 Å². The first-order chi connectivity index (χ1) is 10.5. The summed E-state index contributed by atoms with van der Waals surface area (Å²) in [7, 11) is 0. The highest BCUT2D eigenvalue weighted by Gasteiger charge is 2.19. The van der Waals surface area contributed by atoms with Crippen LogP contribution in [0.2, 0.25) is 0 Å². The minimum Gasteiger partial charge on any atom is -0.478 e. The van der Waals surface area contributed by atoms with Crippen LogP contribution in [0.3, 0.4) is 0 Å². The second kappa shape index (κ2) is 9.17. The fourth-order valence-corrected chi connectivity index (χ4v) is 2.45. The Labute approximate surface area is 129 Å². The lowest BCUT2D eigenvalue weighted by Gasteiger charge is -2.25. The van der Waals surface area contributed by atoms with Gasteiger partial charge in [0.1, 0.15) is 0 Å². The van der Waals surface area contributed by atoms with E-state index >= 15 is 0 Å². The van der Waals surface area contributed by atoms with E-state index in [0.29, 0.717) is 25.0 Å². The fraction of sp³-hybridized carbons (Fsp3) is 0.500. The summed E-state index contributed by atoms with van der Waals surface area (Å²) >= 11 is 0. The fourth-order valence-electron chi connectivity index (χ4n) is 2.45. The van der Waals surface area contributed by atoms with Crippen LogP contribution in [0, 0.1) is 11.8 Å². The average molecular weight is 310 g/mol. The van der Waals surface area contributed by atoms with Crippen LogP contribution in [0.15, 0.2) is 24.3 Å². The molecule has 1 saturated carbocycles. The maximum atomic E-state index is 10.5. The van der Waals surface area contributed by atoms with Crippen LogP contribution < -0.4 is 0 Å². The Morgan fingerprint density at radius 2 is 1.14 bits per heavy atom. The standard InChI is InChI=1S/C8H6O4.C8H16O2/c9-7(10)5-3-1-2-4-6(5)8(11)12;9-5-7-1-2-8(6-10)4-3-7/h1-4H,(H,9,10)(H,11,12);7-10H,1-6H2. The van der Waals surface area contributed by atoms with Gasteiger partial charge in [0.15, 0.2) is 0 Å². The molecule has 1 fully saturated rings. The number of hydrogen-bond donors (Lipinski definition) is 4. The normalized spacial score (nSPS) is 20.6. The maximum absolute atomic E-state index is 10.5. The molecule has 122 valence electrons. The van der Waals surface area contributed by atoms with Crippen molar-refractivity contribution in [2.45, 2.75) is 25.7 Å². The Balaban J connectivity index is 0.000000224. The first-order valence-corrected chi connectivity index (χ1v) is 7.26. The lowest BCUT2D eigenvalue weighted by molar-refractivity contribution is 0.0651. The quantitative estimate of drug-likeness (QED) is 0.675. The zero-order valence-electron chi connectivity index (χ0n) is 12.3. The Morgan fingerprint density at radius 1 is 0.818 bits per heavy atom. The molecule has 6 heteroatoms. The Kier molecular flexibility index (Phi) is 7.56. The summed E-state index contributed by atoms with van der Waals surface area (Å²) in [6.07, 6.45) is 4.40. The molecule has 0 aromatic heterocycles. The van der Waals surface area contributed by atoms with Crippen molar-refractivity contribution in [3.05, 3.63) is 35.4 Å². The third-order valence-corrected chi connectivity index (χ3v) is 3.87. The summed E-state index contributed by atoms with van der Waals surface area (Å²) in [5, 5.41) is 34.7. The first kappa shape index (κ1) is 18.1. The van der Waals surface area contributed by atoms with E-state index in [-0.39, 0.29) is 11.1 Å². The number of benzene rings is 1. The predicted molar refractivity (Wildman–Crippen MR) is 80.0 cm³/mol. The minimum atomic E-state index is -1.23. The van der Waals surface area contributed by atoms with Gasteiger partial charge in [0.25, 0.3) is 0 Å². The molecular weight excluding hydrogens is 288 g/mol. The van der Waals surface area contributed by atoms with E-state index in [4.69, 9.17) is 20.4 Å². The van der Waals surface area contributed by atoms with Crippen LogP contribution in [0.4, 0.5) is 0 Å². The van der Waals surface area contributed by atoms with Crippen LogP contribution in [0.1, 0.15) is 46.4 Å². The van der Waals surface area contributed by atoms with Gasteiger partial charge in [-0.1, -0.05) is 12.1 Å². The van der Waals surface area contributed by atoms with Crippen molar-refractivity contribution in [2.24, 2.45) is 11.8 Å². The molecule has 22 heavy (non-hydrogen) atoms. The molecule has 4 N–H and O–H groups in total. The number of rotatable bonds is 4. The summed E-state index contributed by atoms with van der Waals surface area (Å²) in [6.45, 7) is 0.663. The summed E-state index contributed by atoms with van der Waals surface area (Å²) in [4.78, 5) is 20.9. The number of hydrogen-bond acceptors (Lipinski definition) is 4. The van der Waals surface area contributed by atoms with Gasteiger partial charge >= 0.3 is 11.9 Å². The number of carboxylic acid groups (broad SMARTS) is 2. The molecule has 0 amide bonds. The molecule has 1 aromatic carbocycles. The summed E-state index contributed by atoms with van der Waals surface area (Å²) in [5.74, 6) is -1.42. The molecule has 0 aliphatic heterocycles. The predicted octanol–water partition coefficient (Wildman–Crippen LogP) is 1.86. The van der Waals surface area contributed by atoms with Gasteiger partial charge in [0.2, 0.25) is 0 Å². The van der Waals surface area contributed by atoms with Crippen LogP contribution in [-0.4, -0.2) is 45.6 Å². The van der Waals surface area contributed by atoms with Gasteiger partial charge in [-0.2, -0.15) is 0 Å². The van der Waals surface area contributed by atoms with Crippen LogP contribution >= 0.6 is 0 Å². The molecular formula is C16H22O6. The van der Waals surface area contributed by atoms with E-state index in [1.165, 1.54) is 24.3 Å². The average Bonchev–Trinajstić information content (AvgIpc) is 2.55. The second-order valence-electron chi connectivity index (χ2n) is 5.41. The Morgan fingerprint density at radius 3 is 1.36 bits per heavy atom. The molecule has 0 bridgehead atoms. The van der Waals surface area contributed by atoms with E-state index in [1.807, 2.05) is 0 Å². The Bertz CT molecular complexity index is 446. The lowest BCUT2D eigenvalue weighted by atomic mass is 9.83. The second-order valence-corrected chi connectivity index (χ2v) is 5.41. The molecule has 0 radical (unpaired) electrons. The molecule has 1 aliphatic rings. The van der Waals surface area contributed by atoms with Gasteiger partial charge in [0.05, 0.1) is 11.1 Å². The van der Waals surface area contributed by atoms with Crippen LogP contribution in [0.25, 0.3) is 0 Å². The van der Waals surface area contributed by atoms with Crippen molar-refractivity contribution >= 4 is 11.9 Å². The topological polar surface area (TPSA) is 115 Å². The maximum Gasteiger partial charge on any atom is 0.336 e. The van der Waals surface area contributed by atoms with Gasteiger partial charge < -0.3 is 20.4 Å². The highest BCUT2D eigenvalue weighted by atomic mass is 16.4. The largest absolute Gasteiger partial charge is 0.478 e. The van der Waals surface area contributed by atoms with Gasteiger partial charge in [-0.3, -0.25) is 0 Å². The lowest BCUT2D eigenvalue weighted by Crippen LogP contribution is -2.19. The van der Waals surface area contributed by atoms with Crippen molar-refractivity contribution in [3.8, 4) is 0 Å². The molecule has 0 saturated heterocycles. The number of aromatic carboxylic acids is 2. The van der Waals surface area contributed by atoms with Crippen molar-refractivity contribution in [2.75, 3.05) is 13.2 Å². The Hall–Kier alpha value is -1.92. The third kappa shape index (κ3) is 5.46. The van der Waals surface area contributed by atoms with Crippen LogP contribution in [0.5, 0.6) is 0 Å². The highest BCUT2D eigenvalue weighted by Crippen LogP contribution is 2.27. The van der Waals surface area contributed by atoms with E-state index < -0.39 is 11.9 Å². The number of aliphatic hydroxyl groups is 2.